The van der Waals surface area contributed by atoms with Crippen molar-refractivity contribution in [1.29, 1.82) is 0 Å². The first kappa shape index (κ1) is 19.7. The zero-order chi connectivity index (χ0) is 21.5. The van der Waals surface area contributed by atoms with Crippen molar-refractivity contribution < 1.29 is 19.1 Å². The number of esters is 1. The molecule has 0 saturated carbocycles. The standard InChI is InChI=1S/C22H25N5O4/c1-14(28)25-9-5-19-17(12-25)20(24-27(19)15-6-10-31-11-7-15)16-4-3-8-26-13-18(22(29)30-2)23-21(16)26/h3-4,8,13,15H,5-7,9-12H2,1-2H3. The van der Waals surface area contributed by atoms with Crippen molar-refractivity contribution >= 4 is 17.5 Å². The number of carbonyl (C=O) groups excluding carboxylic acids is 2. The molecule has 2 aliphatic heterocycles. The molecule has 2 aliphatic rings. The summed E-state index contributed by atoms with van der Waals surface area (Å²) >= 11 is 0. The first-order valence-electron chi connectivity index (χ1n) is 10.6. The van der Waals surface area contributed by atoms with Gasteiger partial charge in [0.1, 0.15) is 11.3 Å². The molecule has 5 rings (SSSR count). The lowest BCUT2D eigenvalue weighted by Crippen LogP contribution is -2.35. The summed E-state index contributed by atoms with van der Waals surface area (Å²) in [6, 6.07) is 4.16. The highest BCUT2D eigenvalue weighted by Gasteiger charge is 2.31. The van der Waals surface area contributed by atoms with Crippen LogP contribution in [0, 0.1) is 0 Å². The molecule has 3 aromatic heterocycles. The van der Waals surface area contributed by atoms with Gasteiger partial charge in [-0.3, -0.25) is 9.48 Å². The van der Waals surface area contributed by atoms with Crippen molar-refractivity contribution in [3.8, 4) is 11.3 Å². The molecule has 0 unspecified atom stereocenters. The van der Waals surface area contributed by atoms with Crippen LogP contribution in [0.2, 0.25) is 0 Å². The van der Waals surface area contributed by atoms with Gasteiger partial charge in [0.15, 0.2) is 5.69 Å². The quantitative estimate of drug-likeness (QED) is 0.600. The van der Waals surface area contributed by atoms with Crippen molar-refractivity contribution in [2.24, 2.45) is 0 Å². The lowest BCUT2D eigenvalue weighted by Gasteiger charge is -2.29. The van der Waals surface area contributed by atoms with Crippen LogP contribution in [0.1, 0.15) is 47.6 Å². The van der Waals surface area contributed by atoms with Gasteiger partial charge in [-0.15, -0.1) is 0 Å². The zero-order valence-corrected chi connectivity index (χ0v) is 17.7. The van der Waals surface area contributed by atoms with Crippen molar-refractivity contribution in [3.05, 3.63) is 41.5 Å². The molecule has 9 nitrogen and oxygen atoms in total. The Morgan fingerprint density at radius 3 is 2.81 bits per heavy atom. The summed E-state index contributed by atoms with van der Waals surface area (Å²) in [6.45, 7) is 4.27. The van der Waals surface area contributed by atoms with Gasteiger partial charge in [-0.1, -0.05) is 0 Å². The lowest BCUT2D eigenvalue weighted by molar-refractivity contribution is -0.129. The molecular weight excluding hydrogens is 398 g/mol. The van der Waals surface area contributed by atoms with Gasteiger partial charge in [-0.05, 0) is 25.0 Å². The summed E-state index contributed by atoms with van der Waals surface area (Å²) < 4.78 is 14.3. The smallest absolute Gasteiger partial charge is 0.358 e. The highest BCUT2D eigenvalue weighted by molar-refractivity contribution is 5.89. The predicted molar refractivity (Wildman–Crippen MR) is 112 cm³/mol. The van der Waals surface area contributed by atoms with Crippen molar-refractivity contribution in [2.75, 3.05) is 26.9 Å². The third kappa shape index (κ3) is 3.38. The number of methoxy groups -OCH3 is 1. The van der Waals surface area contributed by atoms with Crippen LogP contribution in [-0.4, -0.2) is 62.8 Å². The molecule has 1 amide bonds. The van der Waals surface area contributed by atoms with E-state index in [1.165, 1.54) is 12.8 Å². The Bertz CT molecular complexity index is 1160. The third-order valence-corrected chi connectivity index (χ3v) is 6.20. The number of nitrogens with zero attached hydrogens (tertiary/aromatic N) is 5. The molecular formula is C22H25N5O4. The molecule has 0 atom stereocenters. The number of imidazole rings is 1. The van der Waals surface area contributed by atoms with Crippen molar-refractivity contribution in [1.82, 2.24) is 24.1 Å². The van der Waals surface area contributed by atoms with Crippen LogP contribution in [0.3, 0.4) is 0 Å². The van der Waals surface area contributed by atoms with Crippen LogP contribution in [0.25, 0.3) is 16.9 Å². The van der Waals surface area contributed by atoms with Crippen LogP contribution >= 0.6 is 0 Å². The second kappa shape index (κ2) is 7.81. The van der Waals surface area contributed by atoms with Crippen molar-refractivity contribution in [3.63, 3.8) is 0 Å². The molecule has 1 saturated heterocycles. The fourth-order valence-corrected chi connectivity index (χ4v) is 4.56. The first-order chi connectivity index (χ1) is 15.1. The monoisotopic (exact) mass is 423 g/mol. The number of carbonyl (C=O) groups is 2. The Balaban J connectivity index is 1.67. The lowest BCUT2D eigenvalue weighted by atomic mass is 10.0. The molecule has 0 N–H and O–H groups in total. The number of hydrogen-bond acceptors (Lipinski definition) is 6. The molecule has 162 valence electrons. The normalized spacial score (nSPS) is 17.0. The van der Waals surface area contributed by atoms with E-state index in [2.05, 4.69) is 9.67 Å². The molecule has 3 aromatic rings. The van der Waals surface area contributed by atoms with E-state index in [0.717, 1.165) is 49.3 Å². The number of aromatic nitrogens is 4. The summed E-state index contributed by atoms with van der Waals surface area (Å²) in [5, 5.41) is 5.06. The largest absolute Gasteiger partial charge is 0.464 e. The predicted octanol–water partition coefficient (Wildman–Crippen LogP) is 2.24. The Morgan fingerprint density at radius 1 is 1.26 bits per heavy atom. The van der Waals surface area contributed by atoms with Gasteiger partial charge in [-0.25, -0.2) is 9.78 Å². The van der Waals surface area contributed by atoms with E-state index >= 15 is 0 Å². The zero-order valence-electron chi connectivity index (χ0n) is 17.7. The second-order valence-corrected chi connectivity index (χ2v) is 8.02. The molecule has 0 bridgehead atoms. The molecule has 5 heterocycles. The van der Waals surface area contributed by atoms with E-state index in [9.17, 15) is 9.59 Å². The number of hydrogen-bond donors (Lipinski definition) is 0. The molecule has 0 spiro atoms. The van der Waals surface area contributed by atoms with Crippen LogP contribution in [0.15, 0.2) is 24.5 Å². The highest BCUT2D eigenvalue weighted by atomic mass is 16.5. The minimum Gasteiger partial charge on any atom is -0.464 e. The maximum absolute atomic E-state index is 12.1. The van der Waals surface area contributed by atoms with E-state index < -0.39 is 5.97 Å². The van der Waals surface area contributed by atoms with E-state index in [-0.39, 0.29) is 17.6 Å². The second-order valence-electron chi connectivity index (χ2n) is 8.02. The molecule has 0 aromatic carbocycles. The van der Waals surface area contributed by atoms with Crippen LogP contribution in [0.4, 0.5) is 0 Å². The summed E-state index contributed by atoms with van der Waals surface area (Å²) in [5.41, 5.74) is 4.79. The fourth-order valence-electron chi connectivity index (χ4n) is 4.56. The summed E-state index contributed by atoms with van der Waals surface area (Å²) in [6.07, 6.45) is 6.12. The summed E-state index contributed by atoms with van der Waals surface area (Å²) in [5.74, 6) is -0.422. The maximum atomic E-state index is 12.1. The number of rotatable bonds is 3. The van der Waals surface area contributed by atoms with Crippen molar-refractivity contribution in [2.45, 2.75) is 38.8 Å². The van der Waals surface area contributed by atoms with E-state index in [1.807, 2.05) is 27.6 Å². The van der Waals surface area contributed by atoms with Crippen LogP contribution < -0.4 is 0 Å². The van der Waals surface area contributed by atoms with Gasteiger partial charge in [0.2, 0.25) is 5.91 Å². The van der Waals surface area contributed by atoms with Gasteiger partial charge in [0.05, 0.1) is 13.2 Å². The number of amides is 1. The summed E-state index contributed by atoms with van der Waals surface area (Å²) in [4.78, 5) is 30.5. The Labute approximate surface area is 179 Å². The number of ether oxygens (including phenoxy) is 2. The Morgan fingerprint density at radius 2 is 2.06 bits per heavy atom. The average Bonchev–Trinajstić information content (AvgIpc) is 3.40. The van der Waals surface area contributed by atoms with Gasteiger partial charge in [-0.2, -0.15) is 5.10 Å². The average molecular weight is 423 g/mol. The van der Waals surface area contributed by atoms with E-state index in [1.54, 1.807) is 13.1 Å². The van der Waals surface area contributed by atoms with Gasteiger partial charge in [0.25, 0.3) is 0 Å². The van der Waals surface area contributed by atoms with Crippen LogP contribution in [0.5, 0.6) is 0 Å². The molecule has 9 heteroatoms. The highest BCUT2D eigenvalue weighted by Crippen LogP contribution is 2.35. The maximum Gasteiger partial charge on any atom is 0.358 e. The topological polar surface area (TPSA) is 91.0 Å². The summed E-state index contributed by atoms with van der Waals surface area (Å²) in [7, 11) is 1.34. The Kier molecular flexibility index (Phi) is 4.97. The minimum absolute atomic E-state index is 0.0578. The minimum atomic E-state index is -0.479. The van der Waals surface area contributed by atoms with Crippen LogP contribution in [-0.2, 0) is 27.2 Å². The number of fused-ring (bicyclic) bond motifs is 2. The number of pyridine rings is 1. The third-order valence-electron chi connectivity index (χ3n) is 6.20. The SMILES string of the molecule is COC(=O)c1cn2cccc(-c3nn(C4CCOCC4)c4c3CN(C(C)=O)CC4)c2n1. The molecule has 31 heavy (non-hydrogen) atoms. The molecule has 1 fully saturated rings. The van der Waals surface area contributed by atoms with E-state index in [4.69, 9.17) is 14.6 Å². The Hall–Kier alpha value is -3.20. The van der Waals surface area contributed by atoms with Gasteiger partial charge >= 0.3 is 5.97 Å². The van der Waals surface area contributed by atoms with Gasteiger partial charge < -0.3 is 18.8 Å². The fraction of sp³-hybridized carbons (Fsp3) is 0.455. The van der Waals surface area contributed by atoms with Gasteiger partial charge in [0, 0.05) is 68.9 Å². The molecule has 0 aliphatic carbocycles. The van der Waals surface area contributed by atoms with E-state index in [0.29, 0.717) is 18.7 Å². The molecule has 0 radical (unpaired) electrons. The first-order valence-corrected chi connectivity index (χ1v) is 10.6.